The second-order valence-corrected chi connectivity index (χ2v) is 9.07. The number of likely N-dealkylation sites (N-methyl/N-ethyl adjacent to an activating group) is 1. The number of anilines is 1. The Kier molecular flexibility index (Phi) is 5.99. The Bertz CT molecular complexity index is 1050. The molecule has 3 aromatic rings. The lowest BCUT2D eigenvalue weighted by Gasteiger charge is -2.32. The number of benzene rings is 1. The zero-order valence-electron chi connectivity index (χ0n) is 18.0. The molecule has 0 atom stereocenters. The van der Waals surface area contributed by atoms with Gasteiger partial charge in [-0.15, -0.1) is 11.3 Å². The van der Waals surface area contributed by atoms with Crippen LogP contribution < -0.4 is 10.7 Å². The maximum Gasteiger partial charge on any atom is 0.265 e. The van der Waals surface area contributed by atoms with E-state index in [0.717, 1.165) is 53.6 Å². The van der Waals surface area contributed by atoms with Crippen LogP contribution in [0.25, 0.3) is 10.2 Å². The molecular weight excluding hydrogens is 396 g/mol. The van der Waals surface area contributed by atoms with E-state index in [4.69, 9.17) is 0 Å². The maximum atomic E-state index is 12.5. The van der Waals surface area contributed by atoms with E-state index in [1.165, 1.54) is 10.4 Å². The summed E-state index contributed by atoms with van der Waals surface area (Å²) < 4.78 is 0. The number of rotatable bonds is 5. The van der Waals surface area contributed by atoms with Gasteiger partial charge >= 0.3 is 0 Å². The number of nitrogens with one attached hydrogen (secondary N) is 2. The van der Waals surface area contributed by atoms with Crippen molar-refractivity contribution in [2.24, 2.45) is 0 Å². The summed E-state index contributed by atoms with van der Waals surface area (Å²) in [5, 5.41) is 6.55. The minimum atomic E-state index is -0.0587. The molecule has 2 aromatic heterocycles. The van der Waals surface area contributed by atoms with Gasteiger partial charge in [0.15, 0.2) is 0 Å². The van der Waals surface area contributed by atoms with Gasteiger partial charge in [-0.05, 0) is 51.1 Å². The first kappa shape index (κ1) is 20.7. The molecule has 0 radical (unpaired) electrons. The topological polar surface area (TPSA) is 73.4 Å². The van der Waals surface area contributed by atoms with Crippen LogP contribution in [0.5, 0.6) is 0 Å². The first-order valence-corrected chi connectivity index (χ1v) is 11.0. The summed E-state index contributed by atoms with van der Waals surface area (Å²) >= 11 is 1.71. The Balaban J connectivity index is 1.41. The van der Waals surface area contributed by atoms with Gasteiger partial charge in [-0.25, -0.2) is 15.0 Å². The number of amides is 1. The highest BCUT2D eigenvalue weighted by Gasteiger charge is 2.17. The van der Waals surface area contributed by atoms with Crippen molar-refractivity contribution in [1.82, 2.24) is 25.3 Å². The molecule has 3 heterocycles. The van der Waals surface area contributed by atoms with E-state index in [9.17, 15) is 4.79 Å². The van der Waals surface area contributed by atoms with E-state index in [2.05, 4.69) is 46.5 Å². The molecule has 158 valence electrons. The lowest BCUT2D eigenvalue weighted by atomic mass is 10.1. The Morgan fingerprint density at radius 1 is 1.07 bits per heavy atom. The van der Waals surface area contributed by atoms with Crippen LogP contribution >= 0.6 is 11.3 Å². The largest absolute Gasteiger partial charge is 0.365 e. The van der Waals surface area contributed by atoms with Gasteiger partial charge in [0.05, 0.1) is 5.39 Å². The summed E-state index contributed by atoms with van der Waals surface area (Å²) in [5.74, 6) is 1.58. The third-order valence-electron chi connectivity index (χ3n) is 5.58. The van der Waals surface area contributed by atoms with Crippen LogP contribution in [0.2, 0.25) is 0 Å². The fourth-order valence-corrected chi connectivity index (χ4v) is 4.65. The Morgan fingerprint density at radius 3 is 2.47 bits per heavy atom. The van der Waals surface area contributed by atoms with E-state index >= 15 is 0 Å². The highest BCUT2D eigenvalue weighted by Crippen LogP contribution is 2.33. The third kappa shape index (κ3) is 4.45. The summed E-state index contributed by atoms with van der Waals surface area (Å²) in [6.45, 7) is 10.4. The molecule has 1 fully saturated rings. The third-order valence-corrected chi connectivity index (χ3v) is 6.68. The van der Waals surface area contributed by atoms with Crippen LogP contribution in [-0.2, 0) is 6.54 Å². The number of hydrogen-bond donors (Lipinski definition) is 2. The summed E-state index contributed by atoms with van der Waals surface area (Å²) in [5.41, 5.74) is 6.00. The van der Waals surface area contributed by atoms with Crippen LogP contribution in [0, 0.1) is 20.8 Å². The van der Waals surface area contributed by atoms with Crippen molar-refractivity contribution >= 4 is 33.3 Å². The van der Waals surface area contributed by atoms with Crippen LogP contribution in [0.4, 0.5) is 5.82 Å². The lowest BCUT2D eigenvalue weighted by molar-refractivity contribution is 0.0662. The molecule has 0 saturated carbocycles. The predicted molar refractivity (Wildman–Crippen MR) is 122 cm³/mol. The molecule has 1 saturated heterocycles. The number of carbonyl (C=O) groups excluding carboxylic acids is 1. The number of fused-ring (bicyclic) bond motifs is 1. The molecule has 8 heteroatoms. The number of thiophene rings is 1. The van der Waals surface area contributed by atoms with Gasteiger partial charge in [-0.1, -0.05) is 12.1 Å². The molecule has 4 rings (SSSR count). The van der Waals surface area contributed by atoms with Crippen molar-refractivity contribution in [2.45, 2.75) is 27.3 Å². The Morgan fingerprint density at radius 2 is 1.77 bits per heavy atom. The normalized spacial score (nSPS) is 15.5. The van der Waals surface area contributed by atoms with Gasteiger partial charge < -0.3 is 10.2 Å². The highest BCUT2D eigenvalue weighted by molar-refractivity contribution is 7.18. The monoisotopic (exact) mass is 424 g/mol. The van der Waals surface area contributed by atoms with Gasteiger partial charge in [-0.2, -0.15) is 0 Å². The lowest BCUT2D eigenvalue weighted by Crippen LogP contribution is -2.52. The fourth-order valence-electron chi connectivity index (χ4n) is 3.57. The van der Waals surface area contributed by atoms with Gasteiger partial charge in [0.25, 0.3) is 5.91 Å². The van der Waals surface area contributed by atoms with E-state index < -0.39 is 0 Å². The molecule has 1 aliphatic rings. The molecular formula is C22H28N6OS. The molecule has 2 N–H and O–H groups in total. The van der Waals surface area contributed by atoms with Crippen LogP contribution in [-0.4, -0.2) is 59.0 Å². The van der Waals surface area contributed by atoms with E-state index in [0.29, 0.717) is 12.1 Å². The smallest absolute Gasteiger partial charge is 0.265 e. The van der Waals surface area contributed by atoms with Crippen LogP contribution in [0.1, 0.15) is 32.2 Å². The molecule has 1 aromatic carbocycles. The van der Waals surface area contributed by atoms with Crippen molar-refractivity contribution in [3.8, 4) is 0 Å². The maximum absolute atomic E-state index is 12.5. The van der Waals surface area contributed by atoms with Crippen molar-refractivity contribution in [3.05, 3.63) is 51.7 Å². The number of carbonyl (C=O) groups is 1. The van der Waals surface area contributed by atoms with Gasteiger partial charge in [0, 0.05) is 43.2 Å². The number of aryl methyl sites for hydroxylation is 3. The zero-order valence-corrected chi connectivity index (χ0v) is 18.8. The molecule has 0 bridgehead atoms. The van der Waals surface area contributed by atoms with Crippen molar-refractivity contribution in [3.63, 3.8) is 0 Å². The quantitative estimate of drug-likeness (QED) is 0.656. The average molecular weight is 425 g/mol. The molecule has 1 amide bonds. The molecule has 0 unspecified atom stereocenters. The zero-order chi connectivity index (χ0) is 21.3. The van der Waals surface area contributed by atoms with Crippen LogP contribution in [0.3, 0.4) is 0 Å². The summed E-state index contributed by atoms with van der Waals surface area (Å²) in [6.07, 6.45) is 0. The van der Waals surface area contributed by atoms with Gasteiger partial charge in [0.2, 0.25) is 0 Å². The SMILES string of the molecule is Cc1nc(NCc2ccc(C(=O)NN3CCN(C)CC3)cc2)c2c(C)c(C)sc2n1. The van der Waals surface area contributed by atoms with Crippen molar-refractivity contribution < 1.29 is 4.79 Å². The van der Waals surface area contributed by atoms with Gasteiger partial charge in [0.1, 0.15) is 16.5 Å². The second kappa shape index (κ2) is 8.67. The number of hydrogen-bond acceptors (Lipinski definition) is 7. The Labute approximate surface area is 181 Å². The molecule has 0 spiro atoms. The summed E-state index contributed by atoms with van der Waals surface area (Å²) in [4.78, 5) is 26.3. The van der Waals surface area contributed by atoms with Crippen molar-refractivity contribution in [2.75, 3.05) is 38.5 Å². The van der Waals surface area contributed by atoms with E-state index in [-0.39, 0.29) is 5.91 Å². The first-order chi connectivity index (χ1) is 14.4. The van der Waals surface area contributed by atoms with Crippen LogP contribution in [0.15, 0.2) is 24.3 Å². The molecule has 7 nitrogen and oxygen atoms in total. The summed E-state index contributed by atoms with van der Waals surface area (Å²) in [7, 11) is 2.10. The minimum absolute atomic E-state index is 0.0587. The predicted octanol–water partition coefficient (Wildman–Crippen LogP) is 3.12. The van der Waals surface area contributed by atoms with E-state index in [1.807, 2.05) is 36.2 Å². The second-order valence-electron chi connectivity index (χ2n) is 7.86. The average Bonchev–Trinajstić information content (AvgIpc) is 3.01. The summed E-state index contributed by atoms with van der Waals surface area (Å²) in [6, 6.07) is 7.73. The first-order valence-electron chi connectivity index (χ1n) is 10.2. The van der Waals surface area contributed by atoms with Gasteiger partial charge in [-0.3, -0.25) is 10.2 Å². The minimum Gasteiger partial charge on any atom is -0.365 e. The number of nitrogens with zero attached hydrogens (tertiary/aromatic N) is 4. The van der Waals surface area contributed by atoms with Crippen molar-refractivity contribution in [1.29, 1.82) is 0 Å². The highest BCUT2D eigenvalue weighted by atomic mass is 32.1. The number of aromatic nitrogens is 2. The fraction of sp³-hybridized carbons (Fsp3) is 0.409. The Hall–Kier alpha value is -2.55. The van der Waals surface area contributed by atoms with E-state index in [1.54, 1.807) is 11.3 Å². The molecule has 0 aliphatic carbocycles. The number of hydrazine groups is 1. The standard InChI is InChI=1S/C22H28N6OS/c1-14-15(2)30-22-19(14)20(24-16(3)25-22)23-13-17-5-7-18(8-6-17)21(29)26-28-11-9-27(4)10-12-28/h5-8H,9-13H2,1-4H3,(H,26,29)(H,23,24,25). The number of piperazine rings is 1. The molecule has 1 aliphatic heterocycles. The molecule has 30 heavy (non-hydrogen) atoms.